The van der Waals surface area contributed by atoms with Crippen molar-refractivity contribution < 1.29 is 42.9 Å². The van der Waals surface area contributed by atoms with E-state index >= 15 is 0 Å². The molecular weight excluding hydrogens is 446 g/mol. The molecule has 1 heterocycles. The number of nitrogens with one attached hydrogen (secondary N) is 1. The molecule has 0 aliphatic carbocycles. The summed E-state index contributed by atoms with van der Waals surface area (Å²) in [5.74, 6) is -2.30. The quantitative estimate of drug-likeness (QED) is 0.268. The van der Waals surface area contributed by atoms with Gasteiger partial charge in [0, 0.05) is 27.7 Å². The molecule has 34 heavy (non-hydrogen) atoms. The third-order valence-corrected chi connectivity index (χ3v) is 4.85. The van der Waals surface area contributed by atoms with Crippen LogP contribution in [0.2, 0.25) is 0 Å². The Kier molecular flexibility index (Phi) is 12.5. The molecule has 1 fully saturated rings. The van der Waals surface area contributed by atoms with E-state index in [0.29, 0.717) is 0 Å². The minimum atomic E-state index is -1.14. The first-order valence-corrected chi connectivity index (χ1v) is 11.2. The molecule has 0 aromatic rings. The van der Waals surface area contributed by atoms with Crippen LogP contribution in [0.4, 0.5) is 0 Å². The molecule has 0 radical (unpaired) electrons. The molecule has 0 aromatic carbocycles. The second-order valence-electron chi connectivity index (χ2n) is 8.42. The number of hydrogen-bond acceptors (Lipinski definition) is 9. The molecule has 1 N–H and O–H groups in total. The summed E-state index contributed by atoms with van der Waals surface area (Å²) < 4.78 is 27.7. The standard InChI is InChI=1S/C24H37NO9/c1-14(2)9-8-10-15(3)11-12-30-24-21(25-16(4)26)23(33-19(7)29)22(32-18(6)28)20(34-24)13-31-17(5)27/h9,11,20-24H,8,10,12-13H2,1-7H3,(H,25,26)/b15-11+/t20?,21-,22-,23?,24+/m0/s1. The van der Waals surface area contributed by atoms with Crippen molar-refractivity contribution in [3.63, 3.8) is 0 Å². The third kappa shape index (κ3) is 10.9. The fourth-order valence-electron chi connectivity index (χ4n) is 3.41. The topological polar surface area (TPSA) is 126 Å². The highest BCUT2D eigenvalue weighted by atomic mass is 16.7. The number of carbonyl (C=O) groups excluding carboxylic acids is 4. The lowest BCUT2D eigenvalue weighted by atomic mass is 9.96. The van der Waals surface area contributed by atoms with E-state index in [-0.39, 0.29) is 13.2 Å². The van der Waals surface area contributed by atoms with Crippen molar-refractivity contribution in [1.82, 2.24) is 5.32 Å². The molecule has 10 nitrogen and oxygen atoms in total. The summed E-state index contributed by atoms with van der Waals surface area (Å²) in [5, 5.41) is 2.67. The molecule has 1 aliphatic rings. The van der Waals surface area contributed by atoms with E-state index in [1.54, 1.807) is 0 Å². The first-order chi connectivity index (χ1) is 15.9. The number of esters is 3. The number of allylic oxidation sites excluding steroid dienone is 3. The number of amides is 1. The van der Waals surface area contributed by atoms with Gasteiger partial charge in [0.05, 0.1) is 6.61 Å². The molecule has 10 heteroatoms. The van der Waals surface area contributed by atoms with Gasteiger partial charge in [0.2, 0.25) is 5.91 Å². The molecular formula is C24H37NO9. The maximum Gasteiger partial charge on any atom is 0.303 e. The van der Waals surface area contributed by atoms with E-state index in [4.69, 9.17) is 23.7 Å². The van der Waals surface area contributed by atoms with Crippen LogP contribution in [0.15, 0.2) is 23.3 Å². The number of ether oxygens (including phenoxy) is 5. The molecule has 0 saturated carbocycles. The highest BCUT2D eigenvalue weighted by molar-refractivity contribution is 5.73. The van der Waals surface area contributed by atoms with Gasteiger partial charge < -0.3 is 29.0 Å². The Morgan fingerprint density at radius 3 is 2.00 bits per heavy atom. The Bertz CT molecular complexity index is 785. The molecule has 0 bridgehead atoms. The van der Waals surface area contributed by atoms with E-state index < -0.39 is 54.5 Å². The van der Waals surface area contributed by atoms with Crippen LogP contribution in [0, 0.1) is 0 Å². The highest BCUT2D eigenvalue weighted by Gasteiger charge is 2.51. The van der Waals surface area contributed by atoms with Crippen LogP contribution in [-0.2, 0) is 42.9 Å². The van der Waals surface area contributed by atoms with E-state index in [1.165, 1.54) is 33.3 Å². The van der Waals surface area contributed by atoms with Crippen molar-refractivity contribution in [3.05, 3.63) is 23.3 Å². The SMILES string of the molecule is CC(=O)N[C@H]1C(OC(C)=O)[C@@H](OC(C)=O)C(COC(C)=O)O[C@H]1OC/C=C(\C)CCC=C(C)C. The summed E-state index contributed by atoms with van der Waals surface area (Å²) in [6.45, 7) is 10.9. The Labute approximate surface area is 201 Å². The maximum absolute atomic E-state index is 11.9. The van der Waals surface area contributed by atoms with Crippen molar-refractivity contribution in [2.75, 3.05) is 13.2 Å². The van der Waals surface area contributed by atoms with Gasteiger partial charge in [-0.1, -0.05) is 23.3 Å². The molecule has 5 atom stereocenters. The fourth-order valence-corrected chi connectivity index (χ4v) is 3.41. The minimum absolute atomic E-state index is 0.159. The van der Waals surface area contributed by atoms with Gasteiger partial charge in [0.25, 0.3) is 0 Å². The van der Waals surface area contributed by atoms with Crippen LogP contribution in [0.1, 0.15) is 61.3 Å². The van der Waals surface area contributed by atoms with E-state index in [0.717, 1.165) is 18.4 Å². The zero-order valence-corrected chi connectivity index (χ0v) is 21.0. The van der Waals surface area contributed by atoms with Crippen LogP contribution >= 0.6 is 0 Å². The normalized spacial score (nSPS) is 24.6. The zero-order valence-electron chi connectivity index (χ0n) is 21.0. The summed E-state index contributed by atoms with van der Waals surface area (Å²) in [7, 11) is 0. The van der Waals surface area contributed by atoms with Crippen LogP contribution in [0.3, 0.4) is 0 Å². The zero-order chi connectivity index (χ0) is 25.8. The third-order valence-electron chi connectivity index (χ3n) is 4.85. The number of rotatable bonds is 11. The largest absolute Gasteiger partial charge is 0.463 e. The number of carbonyl (C=O) groups is 4. The molecule has 0 spiro atoms. The van der Waals surface area contributed by atoms with Gasteiger partial charge in [-0.05, 0) is 33.6 Å². The predicted octanol–water partition coefficient (Wildman–Crippen LogP) is 2.35. The number of hydrogen-bond donors (Lipinski definition) is 1. The Balaban J connectivity index is 3.15. The average Bonchev–Trinajstić information content (AvgIpc) is 2.69. The van der Waals surface area contributed by atoms with Crippen LogP contribution in [-0.4, -0.2) is 67.7 Å². The Morgan fingerprint density at radius 1 is 0.853 bits per heavy atom. The minimum Gasteiger partial charge on any atom is -0.463 e. The van der Waals surface area contributed by atoms with Crippen molar-refractivity contribution in [1.29, 1.82) is 0 Å². The first kappa shape index (κ1) is 29.3. The van der Waals surface area contributed by atoms with E-state index in [2.05, 4.69) is 11.4 Å². The van der Waals surface area contributed by atoms with Crippen molar-refractivity contribution in [2.24, 2.45) is 0 Å². The molecule has 192 valence electrons. The molecule has 0 aromatic heterocycles. The van der Waals surface area contributed by atoms with Crippen LogP contribution in [0.5, 0.6) is 0 Å². The maximum atomic E-state index is 11.9. The average molecular weight is 484 g/mol. The van der Waals surface area contributed by atoms with Gasteiger partial charge in [0.15, 0.2) is 18.5 Å². The molecule has 2 unspecified atom stereocenters. The summed E-state index contributed by atoms with van der Waals surface area (Å²) in [5.41, 5.74) is 2.35. The smallest absolute Gasteiger partial charge is 0.303 e. The van der Waals surface area contributed by atoms with Crippen molar-refractivity contribution >= 4 is 23.8 Å². The highest BCUT2D eigenvalue weighted by Crippen LogP contribution is 2.28. The second kappa shape index (κ2) is 14.5. The van der Waals surface area contributed by atoms with Gasteiger partial charge in [-0.2, -0.15) is 0 Å². The van der Waals surface area contributed by atoms with Crippen molar-refractivity contribution in [2.45, 2.75) is 92.0 Å². The molecule has 1 amide bonds. The lowest BCUT2D eigenvalue weighted by Gasteiger charge is -2.44. The van der Waals surface area contributed by atoms with Gasteiger partial charge in [0.1, 0.15) is 18.8 Å². The van der Waals surface area contributed by atoms with Crippen LogP contribution in [0.25, 0.3) is 0 Å². The van der Waals surface area contributed by atoms with E-state index in [9.17, 15) is 19.2 Å². The summed E-state index contributed by atoms with van der Waals surface area (Å²) in [4.78, 5) is 46.9. The molecule has 1 rings (SSSR count). The van der Waals surface area contributed by atoms with E-state index in [1.807, 2.05) is 26.8 Å². The summed E-state index contributed by atoms with van der Waals surface area (Å²) >= 11 is 0. The van der Waals surface area contributed by atoms with Gasteiger partial charge >= 0.3 is 17.9 Å². The Morgan fingerprint density at radius 2 is 1.47 bits per heavy atom. The predicted molar refractivity (Wildman–Crippen MR) is 122 cm³/mol. The monoisotopic (exact) mass is 483 g/mol. The summed E-state index contributed by atoms with van der Waals surface area (Å²) in [6, 6.07) is -0.973. The summed E-state index contributed by atoms with van der Waals surface area (Å²) in [6.07, 6.45) is 1.47. The first-order valence-electron chi connectivity index (χ1n) is 11.2. The Hall–Kier alpha value is -2.72. The van der Waals surface area contributed by atoms with Gasteiger partial charge in [-0.25, -0.2) is 0 Å². The van der Waals surface area contributed by atoms with Gasteiger partial charge in [-0.15, -0.1) is 0 Å². The molecule has 1 saturated heterocycles. The fraction of sp³-hybridized carbons (Fsp3) is 0.667. The lowest BCUT2D eigenvalue weighted by molar-refractivity contribution is -0.275. The van der Waals surface area contributed by atoms with Gasteiger partial charge in [-0.3, -0.25) is 19.2 Å². The van der Waals surface area contributed by atoms with Crippen molar-refractivity contribution in [3.8, 4) is 0 Å². The second-order valence-corrected chi connectivity index (χ2v) is 8.42. The lowest BCUT2D eigenvalue weighted by Crippen LogP contribution is -2.66. The van der Waals surface area contributed by atoms with Crippen LogP contribution < -0.4 is 5.32 Å². The molecule has 1 aliphatic heterocycles.